The first-order valence-electron chi connectivity index (χ1n) is 10.1. The van der Waals surface area contributed by atoms with E-state index in [0.29, 0.717) is 5.69 Å². The molecule has 1 aromatic heterocycles. The van der Waals surface area contributed by atoms with Gasteiger partial charge in [0.05, 0.1) is 22.8 Å². The smallest absolute Gasteiger partial charge is 0.141 e. The van der Waals surface area contributed by atoms with Crippen molar-refractivity contribution in [3.63, 3.8) is 0 Å². The van der Waals surface area contributed by atoms with Gasteiger partial charge in [0, 0.05) is 11.0 Å². The van der Waals surface area contributed by atoms with Gasteiger partial charge in [-0.15, -0.1) is 0 Å². The lowest BCUT2D eigenvalue weighted by Gasteiger charge is -2.42. The maximum atomic E-state index is 9.32. The van der Waals surface area contributed by atoms with E-state index in [9.17, 15) is 5.26 Å². The van der Waals surface area contributed by atoms with Crippen LogP contribution in [0, 0.1) is 11.3 Å². The standard InChI is InChI=1S/C27H21N3/c1-27(2)21-12-4-7-16-25(21)30(26-17-8-5-13-22(26)27)24-15-6-3-11-20(24)23-14-9-10-19(18-28)29-23/h3-17H,1-2H3. The molecular formula is C27H21N3. The zero-order valence-corrected chi connectivity index (χ0v) is 17.0. The Morgan fingerprint density at radius 3 is 1.90 bits per heavy atom. The number of nitrogens with zero attached hydrogens (tertiary/aromatic N) is 3. The molecule has 3 nitrogen and oxygen atoms in total. The van der Waals surface area contributed by atoms with Gasteiger partial charge in [0.2, 0.25) is 0 Å². The van der Waals surface area contributed by atoms with Crippen molar-refractivity contribution in [1.29, 1.82) is 5.26 Å². The van der Waals surface area contributed by atoms with Gasteiger partial charge in [-0.2, -0.15) is 5.26 Å². The molecule has 144 valence electrons. The van der Waals surface area contributed by atoms with E-state index in [1.807, 2.05) is 18.2 Å². The summed E-state index contributed by atoms with van der Waals surface area (Å²) >= 11 is 0. The molecule has 0 saturated heterocycles. The van der Waals surface area contributed by atoms with Crippen LogP contribution in [0.25, 0.3) is 11.3 Å². The third kappa shape index (κ3) is 2.69. The zero-order chi connectivity index (χ0) is 20.7. The van der Waals surface area contributed by atoms with Gasteiger partial charge in [-0.1, -0.05) is 74.5 Å². The largest absolute Gasteiger partial charge is 0.309 e. The van der Waals surface area contributed by atoms with Crippen LogP contribution in [-0.4, -0.2) is 4.98 Å². The van der Waals surface area contributed by atoms with Crippen molar-refractivity contribution in [3.05, 3.63) is 108 Å². The van der Waals surface area contributed by atoms with Gasteiger partial charge in [0.25, 0.3) is 0 Å². The van der Waals surface area contributed by atoms with E-state index in [1.54, 1.807) is 6.07 Å². The summed E-state index contributed by atoms with van der Waals surface area (Å²) in [5.41, 5.74) is 8.09. The average Bonchev–Trinajstić information content (AvgIpc) is 2.80. The summed E-state index contributed by atoms with van der Waals surface area (Å²) in [5, 5.41) is 9.32. The number of anilines is 3. The lowest BCUT2D eigenvalue weighted by molar-refractivity contribution is 0.632. The van der Waals surface area contributed by atoms with Gasteiger partial charge >= 0.3 is 0 Å². The van der Waals surface area contributed by atoms with E-state index in [4.69, 9.17) is 0 Å². The molecule has 4 aromatic rings. The minimum Gasteiger partial charge on any atom is -0.309 e. The Morgan fingerprint density at radius 1 is 0.700 bits per heavy atom. The molecule has 0 saturated carbocycles. The number of fused-ring (bicyclic) bond motifs is 2. The fourth-order valence-corrected chi connectivity index (χ4v) is 4.46. The highest BCUT2D eigenvalue weighted by molar-refractivity contribution is 5.91. The van der Waals surface area contributed by atoms with Crippen LogP contribution in [0.5, 0.6) is 0 Å². The van der Waals surface area contributed by atoms with Gasteiger partial charge in [-0.3, -0.25) is 0 Å². The molecule has 2 heterocycles. The molecular weight excluding hydrogens is 366 g/mol. The van der Waals surface area contributed by atoms with Crippen molar-refractivity contribution in [2.75, 3.05) is 4.90 Å². The summed E-state index contributed by atoms with van der Waals surface area (Å²) in [6.07, 6.45) is 0. The van der Waals surface area contributed by atoms with E-state index in [-0.39, 0.29) is 5.41 Å². The molecule has 0 bridgehead atoms. The normalized spacial score (nSPS) is 13.8. The Balaban J connectivity index is 1.80. The Hall–Kier alpha value is -3.90. The van der Waals surface area contributed by atoms with Crippen molar-refractivity contribution in [2.24, 2.45) is 0 Å². The number of hydrogen-bond acceptors (Lipinski definition) is 3. The van der Waals surface area contributed by atoms with Crippen LogP contribution in [-0.2, 0) is 5.41 Å². The first-order valence-corrected chi connectivity index (χ1v) is 10.1. The molecule has 0 amide bonds. The van der Waals surface area contributed by atoms with Gasteiger partial charge in [-0.25, -0.2) is 4.98 Å². The second-order valence-corrected chi connectivity index (χ2v) is 8.03. The SMILES string of the molecule is CC1(C)c2ccccc2N(c2ccccc2-c2cccc(C#N)n2)c2ccccc21. The van der Waals surface area contributed by atoms with E-state index in [0.717, 1.165) is 16.9 Å². The highest BCUT2D eigenvalue weighted by Crippen LogP contribution is 2.52. The Labute approximate surface area is 176 Å². The molecule has 0 spiro atoms. The number of benzene rings is 3. The molecule has 3 heteroatoms. The lowest BCUT2D eigenvalue weighted by Crippen LogP contribution is -2.30. The fourth-order valence-electron chi connectivity index (χ4n) is 4.46. The van der Waals surface area contributed by atoms with Crippen LogP contribution < -0.4 is 4.90 Å². The number of nitriles is 1. The summed E-state index contributed by atoms with van der Waals surface area (Å²) in [7, 11) is 0. The topological polar surface area (TPSA) is 39.9 Å². The van der Waals surface area contributed by atoms with E-state index < -0.39 is 0 Å². The Bertz CT molecular complexity index is 1250. The Morgan fingerprint density at radius 2 is 1.27 bits per heavy atom. The molecule has 0 fully saturated rings. The molecule has 0 aliphatic carbocycles. The number of hydrogen-bond donors (Lipinski definition) is 0. The van der Waals surface area contributed by atoms with E-state index in [2.05, 4.69) is 96.5 Å². The van der Waals surface area contributed by atoms with Crippen LogP contribution in [0.3, 0.4) is 0 Å². The van der Waals surface area contributed by atoms with Crippen molar-refractivity contribution in [3.8, 4) is 17.3 Å². The van der Waals surface area contributed by atoms with Crippen molar-refractivity contribution in [2.45, 2.75) is 19.3 Å². The molecule has 1 aliphatic heterocycles. The van der Waals surface area contributed by atoms with Crippen molar-refractivity contribution >= 4 is 17.1 Å². The number of rotatable bonds is 2. The summed E-state index contributed by atoms with van der Waals surface area (Å²) in [6, 6.07) is 33.2. The molecule has 0 atom stereocenters. The van der Waals surface area contributed by atoms with Crippen molar-refractivity contribution < 1.29 is 0 Å². The molecule has 5 rings (SSSR count). The molecule has 3 aromatic carbocycles. The van der Waals surface area contributed by atoms with E-state index in [1.165, 1.54) is 22.5 Å². The molecule has 30 heavy (non-hydrogen) atoms. The van der Waals surface area contributed by atoms with Gasteiger partial charge in [0.15, 0.2) is 0 Å². The quantitative estimate of drug-likeness (QED) is 0.383. The van der Waals surface area contributed by atoms with Gasteiger partial charge in [0.1, 0.15) is 11.8 Å². The van der Waals surface area contributed by atoms with Gasteiger partial charge < -0.3 is 4.90 Å². The van der Waals surface area contributed by atoms with Gasteiger partial charge in [-0.05, 0) is 41.5 Å². The zero-order valence-electron chi connectivity index (χ0n) is 17.0. The summed E-state index contributed by atoms with van der Waals surface area (Å²) < 4.78 is 0. The van der Waals surface area contributed by atoms with Crippen molar-refractivity contribution in [1.82, 2.24) is 4.98 Å². The molecule has 0 unspecified atom stereocenters. The second-order valence-electron chi connectivity index (χ2n) is 8.03. The highest BCUT2D eigenvalue weighted by Gasteiger charge is 2.36. The molecule has 1 aliphatic rings. The molecule has 0 N–H and O–H groups in total. The fraction of sp³-hybridized carbons (Fsp3) is 0.111. The number of pyridine rings is 1. The summed E-state index contributed by atoms with van der Waals surface area (Å²) in [5.74, 6) is 0. The second kappa shape index (κ2) is 6.86. The summed E-state index contributed by atoms with van der Waals surface area (Å²) in [4.78, 5) is 6.90. The first kappa shape index (κ1) is 18.1. The van der Waals surface area contributed by atoms with Crippen LogP contribution in [0.4, 0.5) is 17.1 Å². The van der Waals surface area contributed by atoms with E-state index >= 15 is 0 Å². The summed E-state index contributed by atoms with van der Waals surface area (Å²) in [6.45, 7) is 4.57. The van der Waals surface area contributed by atoms with Crippen LogP contribution in [0.2, 0.25) is 0 Å². The maximum Gasteiger partial charge on any atom is 0.141 e. The lowest BCUT2D eigenvalue weighted by atomic mass is 9.73. The first-order chi connectivity index (χ1) is 14.6. The third-order valence-electron chi connectivity index (χ3n) is 5.92. The monoisotopic (exact) mass is 387 g/mol. The maximum absolute atomic E-state index is 9.32. The third-order valence-corrected chi connectivity index (χ3v) is 5.92. The van der Waals surface area contributed by atoms with Crippen LogP contribution in [0.1, 0.15) is 30.7 Å². The average molecular weight is 387 g/mol. The predicted molar refractivity (Wildman–Crippen MR) is 121 cm³/mol. The highest BCUT2D eigenvalue weighted by atomic mass is 15.2. The predicted octanol–water partition coefficient (Wildman–Crippen LogP) is 6.73. The minimum atomic E-state index is -0.0996. The minimum absolute atomic E-state index is 0.0996. The number of para-hydroxylation sites is 3. The molecule has 0 radical (unpaired) electrons. The Kier molecular flexibility index (Phi) is 4.15. The number of aromatic nitrogens is 1. The van der Waals surface area contributed by atoms with Crippen LogP contribution >= 0.6 is 0 Å². The van der Waals surface area contributed by atoms with Crippen LogP contribution in [0.15, 0.2) is 91.0 Å².